The highest BCUT2D eigenvalue weighted by Gasteiger charge is 2.53. The van der Waals surface area contributed by atoms with Crippen molar-refractivity contribution in [2.45, 2.75) is 31.0 Å². The fraction of sp³-hybridized carbons (Fsp3) is 0.200. The first-order valence-electron chi connectivity index (χ1n) is 9.55. The Bertz CT molecular complexity index is 921. The van der Waals surface area contributed by atoms with Gasteiger partial charge in [0, 0.05) is 11.5 Å². The lowest BCUT2D eigenvalue weighted by molar-refractivity contribution is -0.207. The fourth-order valence-corrected chi connectivity index (χ4v) is 3.84. The van der Waals surface area contributed by atoms with E-state index in [1.165, 1.54) is 0 Å². The first-order chi connectivity index (χ1) is 13.6. The van der Waals surface area contributed by atoms with E-state index in [-0.39, 0.29) is 5.57 Å². The van der Waals surface area contributed by atoms with Gasteiger partial charge in [-0.2, -0.15) is 8.78 Å². The molecule has 0 amide bonds. The van der Waals surface area contributed by atoms with Gasteiger partial charge in [-0.1, -0.05) is 97.1 Å². The molecule has 3 heteroatoms. The summed E-state index contributed by atoms with van der Waals surface area (Å²) in [4.78, 5) is 0. The molecule has 4 rings (SSSR count). The van der Waals surface area contributed by atoms with Gasteiger partial charge >= 0.3 is 6.11 Å². The Morgan fingerprint density at radius 3 is 1.89 bits per heavy atom. The van der Waals surface area contributed by atoms with Gasteiger partial charge in [-0.25, -0.2) is 0 Å². The molecule has 1 aliphatic heterocycles. The number of alkyl halides is 2. The maximum Gasteiger partial charge on any atom is 0.380 e. The van der Waals surface area contributed by atoms with E-state index in [9.17, 15) is 8.78 Å². The van der Waals surface area contributed by atoms with Gasteiger partial charge < -0.3 is 4.74 Å². The van der Waals surface area contributed by atoms with E-state index in [0.29, 0.717) is 6.42 Å². The minimum atomic E-state index is -3.28. The number of hydrogen-bond donors (Lipinski definition) is 0. The zero-order valence-corrected chi connectivity index (χ0v) is 15.5. The van der Waals surface area contributed by atoms with Crippen molar-refractivity contribution in [3.63, 3.8) is 0 Å². The lowest BCUT2D eigenvalue weighted by Crippen LogP contribution is -2.16. The number of benzene rings is 3. The number of rotatable bonds is 5. The van der Waals surface area contributed by atoms with Crippen LogP contribution in [0.5, 0.6) is 0 Å². The number of ether oxygens (including phenoxy) is 1. The SMILES string of the molecule is FC1(F)O[C@H](c2ccccc2)[C@H](c2ccccc2)/C1=C\CCc1ccccc1. The van der Waals surface area contributed by atoms with E-state index >= 15 is 0 Å². The molecule has 3 aromatic rings. The lowest BCUT2D eigenvalue weighted by Gasteiger charge is -2.19. The molecule has 0 N–H and O–H groups in total. The molecule has 0 unspecified atom stereocenters. The number of aryl methyl sites for hydroxylation is 1. The van der Waals surface area contributed by atoms with Gasteiger partial charge in [-0.05, 0) is 29.5 Å². The molecule has 1 saturated heterocycles. The van der Waals surface area contributed by atoms with Crippen LogP contribution in [0.4, 0.5) is 8.78 Å². The highest BCUT2D eigenvalue weighted by molar-refractivity contribution is 5.39. The third kappa shape index (κ3) is 3.90. The van der Waals surface area contributed by atoms with Crippen LogP contribution in [0, 0.1) is 0 Å². The maximum absolute atomic E-state index is 14.9. The van der Waals surface area contributed by atoms with E-state index < -0.39 is 18.1 Å². The van der Waals surface area contributed by atoms with Crippen molar-refractivity contribution in [2.24, 2.45) is 0 Å². The molecule has 28 heavy (non-hydrogen) atoms. The van der Waals surface area contributed by atoms with E-state index in [1.54, 1.807) is 6.08 Å². The van der Waals surface area contributed by atoms with Gasteiger partial charge in [-0.15, -0.1) is 0 Å². The molecule has 1 aliphatic rings. The van der Waals surface area contributed by atoms with Gasteiger partial charge in [0.25, 0.3) is 0 Å². The highest BCUT2D eigenvalue weighted by atomic mass is 19.3. The summed E-state index contributed by atoms with van der Waals surface area (Å²) in [6, 6.07) is 28.7. The third-order valence-corrected chi connectivity index (χ3v) is 5.18. The lowest BCUT2D eigenvalue weighted by atomic mass is 9.84. The zero-order chi connectivity index (χ0) is 19.4. The fourth-order valence-electron chi connectivity index (χ4n) is 3.84. The third-order valence-electron chi connectivity index (χ3n) is 5.18. The summed E-state index contributed by atoms with van der Waals surface area (Å²) < 4.78 is 35.1. The number of hydrogen-bond acceptors (Lipinski definition) is 1. The molecule has 0 radical (unpaired) electrons. The van der Waals surface area contributed by atoms with Crippen molar-refractivity contribution in [1.29, 1.82) is 0 Å². The van der Waals surface area contributed by atoms with Crippen LogP contribution in [0.15, 0.2) is 103 Å². The monoisotopic (exact) mass is 376 g/mol. The summed E-state index contributed by atoms with van der Waals surface area (Å²) >= 11 is 0. The van der Waals surface area contributed by atoms with E-state index in [0.717, 1.165) is 23.1 Å². The molecule has 1 fully saturated rings. The van der Waals surface area contributed by atoms with Crippen molar-refractivity contribution in [3.8, 4) is 0 Å². The van der Waals surface area contributed by atoms with Crippen molar-refractivity contribution in [3.05, 3.63) is 119 Å². The highest BCUT2D eigenvalue weighted by Crippen LogP contribution is 2.54. The smallest absolute Gasteiger partial charge is 0.308 e. The second kappa shape index (κ2) is 8.07. The van der Waals surface area contributed by atoms with Crippen LogP contribution in [0.25, 0.3) is 0 Å². The van der Waals surface area contributed by atoms with Crippen LogP contribution in [-0.2, 0) is 11.2 Å². The molecular formula is C25H22F2O. The van der Waals surface area contributed by atoms with Crippen molar-refractivity contribution >= 4 is 0 Å². The van der Waals surface area contributed by atoms with Gasteiger partial charge in [0.15, 0.2) is 0 Å². The summed E-state index contributed by atoms with van der Waals surface area (Å²) in [5.41, 5.74) is 2.81. The second-order valence-electron chi connectivity index (χ2n) is 7.04. The second-order valence-corrected chi connectivity index (χ2v) is 7.04. The Morgan fingerprint density at radius 1 is 0.750 bits per heavy atom. The van der Waals surface area contributed by atoms with Crippen LogP contribution in [0.3, 0.4) is 0 Å². The molecule has 142 valence electrons. The van der Waals surface area contributed by atoms with Gasteiger partial charge in [0.2, 0.25) is 0 Å². The molecule has 1 heterocycles. The molecule has 0 aromatic heterocycles. The normalized spacial score (nSPS) is 22.4. The van der Waals surface area contributed by atoms with Gasteiger partial charge in [0.1, 0.15) is 6.10 Å². The van der Waals surface area contributed by atoms with E-state index in [2.05, 4.69) is 0 Å². The van der Waals surface area contributed by atoms with Crippen LogP contribution >= 0.6 is 0 Å². The summed E-state index contributed by atoms with van der Waals surface area (Å²) in [6.45, 7) is 0. The Balaban J connectivity index is 1.68. The molecule has 0 spiro atoms. The minimum absolute atomic E-state index is 0.0588. The summed E-state index contributed by atoms with van der Waals surface area (Å²) in [5, 5.41) is 0. The van der Waals surface area contributed by atoms with Crippen molar-refractivity contribution in [1.82, 2.24) is 0 Å². The van der Waals surface area contributed by atoms with Crippen LogP contribution in [-0.4, -0.2) is 6.11 Å². The van der Waals surface area contributed by atoms with Crippen LogP contribution < -0.4 is 0 Å². The molecule has 0 bridgehead atoms. The zero-order valence-electron chi connectivity index (χ0n) is 15.5. The predicted octanol–water partition coefficient (Wildman–Crippen LogP) is 6.69. The van der Waals surface area contributed by atoms with Gasteiger partial charge in [-0.3, -0.25) is 0 Å². The van der Waals surface area contributed by atoms with Gasteiger partial charge in [0.05, 0.1) is 0 Å². The van der Waals surface area contributed by atoms with Crippen molar-refractivity contribution in [2.75, 3.05) is 0 Å². The Hall–Kier alpha value is -2.78. The Kier molecular flexibility index (Phi) is 5.36. The summed E-state index contributed by atoms with van der Waals surface area (Å²) in [6.07, 6.45) is -1.05. The molecule has 3 aromatic carbocycles. The number of halogens is 2. The van der Waals surface area contributed by atoms with Crippen LogP contribution in [0.2, 0.25) is 0 Å². The maximum atomic E-state index is 14.9. The number of allylic oxidation sites excluding steroid dienone is 1. The Labute approximate surface area is 164 Å². The van der Waals surface area contributed by atoms with Crippen LogP contribution in [0.1, 0.15) is 35.1 Å². The van der Waals surface area contributed by atoms with E-state index in [1.807, 2.05) is 91.0 Å². The van der Waals surface area contributed by atoms with E-state index in [4.69, 9.17) is 4.74 Å². The Morgan fingerprint density at radius 2 is 1.29 bits per heavy atom. The standard InChI is InChI=1S/C25H22F2O/c26-25(27)22(18-10-13-19-11-4-1-5-12-19)23(20-14-6-2-7-15-20)24(28-25)21-16-8-3-9-17-21/h1-9,11-12,14-18,23-24H,10,13H2/b22-18+/t23-,24-/m1/s1. The molecule has 1 nitrogen and oxygen atoms in total. The van der Waals surface area contributed by atoms with Crippen molar-refractivity contribution < 1.29 is 13.5 Å². The summed E-state index contributed by atoms with van der Waals surface area (Å²) in [5.74, 6) is -0.505. The average Bonchev–Trinajstić information content (AvgIpc) is 3.01. The molecule has 0 aliphatic carbocycles. The first-order valence-corrected chi connectivity index (χ1v) is 9.55. The summed E-state index contributed by atoms with van der Waals surface area (Å²) in [7, 11) is 0. The molecular weight excluding hydrogens is 354 g/mol. The minimum Gasteiger partial charge on any atom is -0.308 e. The quantitative estimate of drug-likeness (QED) is 0.451. The first kappa shape index (κ1) is 18.6. The molecule has 0 saturated carbocycles. The predicted molar refractivity (Wildman–Crippen MR) is 107 cm³/mol. The topological polar surface area (TPSA) is 9.23 Å². The largest absolute Gasteiger partial charge is 0.380 e. The molecule has 2 atom stereocenters. The average molecular weight is 376 g/mol.